The van der Waals surface area contributed by atoms with Gasteiger partial charge in [0.25, 0.3) is 5.91 Å². The Morgan fingerprint density at radius 3 is 2.28 bits per heavy atom. The van der Waals surface area contributed by atoms with Gasteiger partial charge < -0.3 is 10.4 Å². The van der Waals surface area contributed by atoms with Crippen molar-refractivity contribution in [3.8, 4) is 0 Å². The molecule has 0 spiro atoms. The summed E-state index contributed by atoms with van der Waals surface area (Å²) < 4.78 is 0. The largest absolute Gasteiger partial charge is 0.478 e. The number of hydrogen-bond acceptors (Lipinski definition) is 3. The SMILES string of the molecule is CSCCNC(=O)c1c(C)ccc(C)c1C(=O)O. The van der Waals surface area contributed by atoms with Crippen LogP contribution < -0.4 is 5.32 Å². The molecule has 0 saturated carbocycles. The molecule has 0 saturated heterocycles. The van der Waals surface area contributed by atoms with Crippen LogP contribution in [0, 0.1) is 13.8 Å². The molecule has 1 rings (SSSR count). The lowest BCUT2D eigenvalue weighted by molar-refractivity contribution is 0.0690. The Kier molecular flexibility index (Phi) is 5.22. The molecule has 0 aromatic heterocycles. The number of benzene rings is 1. The van der Waals surface area contributed by atoms with E-state index in [-0.39, 0.29) is 17.0 Å². The third-order valence-corrected chi connectivity index (χ3v) is 3.27. The number of carbonyl (C=O) groups is 2. The molecule has 0 unspecified atom stereocenters. The highest BCUT2D eigenvalue weighted by molar-refractivity contribution is 7.98. The van der Waals surface area contributed by atoms with Gasteiger partial charge in [0.05, 0.1) is 11.1 Å². The first-order valence-electron chi connectivity index (χ1n) is 5.59. The molecule has 0 aliphatic heterocycles. The summed E-state index contributed by atoms with van der Waals surface area (Å²) in [6, 6.07) is 3.49. The Bertz CT molecular complexity index is 472. The summed E-state index contributed by atoms with van der Waals surface area (Å²) in [4.78, 5) is 23.3. The van der Waals surface area contributed by atoms with E-state index >= 15 is 0 Å². The number of aromatic carboxylic acids is 1. The van der Waals surface area contributed by atoms with Crippen LogP contribution in [0.3, 0.4) is 0 Å². The van der Waals surface area contributed by atoms with Gasteiger partial charge in [-0.3, -0.25) is 4.79 Å². The second kappa shape index (κ2) is 6.44. The van der Waals surface area contributed by atoms with E-state index in [1.807, 2.05) is 6.26 Å². The highest BCUT2D eigenvalue weighted by atomic mass is 32.2. The topological polar surface area (TPSA) is 66.4 Å². The zero-order chi connectivity index (χ0) is 13.7. The quantitative estimate of drug-likeness (QED) is 0.802. The number of amides is 1. The Labute approximate surface area is 111 Å². The summed E-state index contributed by atoms with van der Waals surface area (Å²) in [5.74, 6) is -0.576. The van der Waals surface area contributed by atoms with Crippen LogP contribution in [-0.2, 0) is 0 Å². The molecule has 1 aromatic carbocycles. The van der Waals surface area contributed by atoms with Gasteiger partial charge in [0.2, 0.25) is 0 Å². The summed E-state index contributed by atoms with van der Waals surface area (Å²) in [5, 5.41) is 11.9. The Balaban J connectivity index is 3.10. The normalized spacial score (nSPS) is 10.2. The van der Waals surface area contributed by atoms with Crippen molar-refractivity contribution >= 4 is 23.6 Å². The lowest BCUT2D eigenvalue weighted by atomic mass is 9.96. The van der Waals surface area contributed by atoms with Crippen molar-refractivity contribution < 1.29 is 14.7 Å². The number of carboxylic acids is 1. The smallest absolute Gasteiger partial charge is 0.336 e. The third kappa shape index (κ3) is 3.26. The average molecular weight is 267 g/mol. The fourth-order valence-electron chi connectivity index (χ4n) is 1.73. The minimum Gasteiger partial charge on any atom is -0.478 e. The maximum atomic E-state index is 12.0. The minimum atomic E-state index is -1.06. The summed E-state index contributed by atoms with van der Waals surface area (Å²) in [6.07, 6.45) is 1.95. The maximum absolute atomic E-state index is 12.0. The predicted octanol–water partition coefficient (Wildman–Crippen LogP) is 2.09. The molecule has 0 radical (unpaired) electrons. The Morgan fingerprint density at radius 2 is 1.78 bits per heavy atom. The molecule has 5 heteroatoms. The second-order valence-electron chi connectivity index (χ2n) is 4.00. The van der Waals surface area contributed by atoms with Crippen molar-refractivity contribution in [3.63, 3.8) is 0 Å². The molecule has 1 aromatic rings. The van der Waals surface area contributed by atoms with Gasteiger partial charge in [0.1, 0.15) is 0 Å². The first kappa shape index (κ1) is 14.6. The van der Waals surface area contributed by atoms with Crippen LogP contribution in [0.4, 0.5) is 0 Å². The van der Waals surface area contributed by atoms with E-state index in [0.29, 0.717) is 17.7 Å². The minimum absolute atomic E-state index is 0.0941. The fourth-order valence-corrected chi connectivity index (χ4v) is 2.04. The van der Waals surface area contributed by atoms with Crippen LogP contribution in [0.1, 0.15) is 31.8 Å². The van der Waals surface area contributed by atoms with Crippen molar-refractivity contribution in [2.24, 2.45) is 0 Å². The van der Waals surface area contributed by atoms with Crippen LogP contribution >= 0.6 is 11.8 Å². The van der Waals surface area contributed by atoms with E-state index in [4.69, 9.17) is 0 Å². The van der Waals surface area contributed by atoms with Gasteiger partial charge in [-0.05, 0) is 31.2 Å². The van der Waals surface area contributed by atoms with E-state index in [9.17, 15) is 14.7 Å². The van der Waals surface area contributed by atoms with Crippen molar-refractivity contribution in [1.82, 2.24) is 5.32 Å². The summed E-state index contributed by atoms with van der Waals surface area (Å²) in [7, 11) is 0. The molecule has 0 fully saturated rings. The number of aryl methyl sites for hydroxylation is 2. The van der Waals surface area contributed by atoms with Gasteiger partial charge in [0.15, 0.2) is 0 Å². The fraction of sp³-hybridized carbons (Fsp3) is 0.385. The summed E-state index contributed by atoms with van der Waals surface area (Å²) >= 11 is 1.63. The van der Waals surface area contributed by atoms with Gasteiger partial charge in [0, 0.05) is 12.3 Å². The van der Waals surface area contributed by atoms with Crippen LogP contribution in [0.15, 0.2) is 12.1 Å². The van der Waals surface area contributed by atoms with E-state index in [1.54, 1.807) is 37.7 Å². The standard InChI is InChI=1S/C13H17NO3S/c1-8-4-5-9(2)11(13(16)17)10(8)12(15)14-6-7-18-3/h4-5H,6-7H2,1-3H3,(H,14,15)(H,16,17). The Hall–Kier alpha value is -1.49. The number of thioether (sulfide) groups is 1. The first-order chi connectivity index (χ1) is 8.49. The van der Waals surface area contributed by atoms with Crippen molar-refractivity contribution in [2.75, 3.05) is 18.6 Å². The van der Waals surface area contributed by atoms with Crippen molar-refractivity contribution in [3.05, 3.63) is 34.4 Å². The third-order valence-electron chi connectivity index (χ3n) is 2.65. The number of carboxylic acid groups (broad SMARTS) is 1. The van der Waals surface area contributed by atoms with E-state index in [0.717, 1.165) is 5.75 Å². The molecule has 2 N–H and O–H groups in total. The molecule has 0 aliphatic carbocycles. The zero-order valence-corrected chi connectivity index (χ0v) is 11.6. The van der Waals surface area contributed by atoms with E-state index in [1.165, 1.54) is 0 Å². The van der Waals surface area contributed by atoms with Gasteiger partial charge in [-0.1, -0.05) is 12.1 Å². The first-order valence-corrected chi connectivity index (χ1v) is 6.99. The second-order valence-corrected chi connectivity index (χ2v) is 4.99. The van der Waals surface area contributed by atoms with Crippen LogP contribution in [-0.4, -0.2) is 35.5 Å². The van der Waals surface area contributed by atoms with Crippen LogP contribution in [0.25, 0.3) is 0 Å². The van der Waals surface area contributed by atoms with Crippen LogP contribution in [0.2, 0.25) is 0 Å². The average Bonchev–Trinajstić information content (AvgIpc) is 2.31. The van der Waals surface area contributed by atoms with Gasteiger partial charge in [-0.25, -0.2) is 4.79 Å². The summed E-state index contributed by atoms with van der Waals surface area (Å²) in [6.45, 7) is 3.98. The maximum Gasteiger partial charge on any atom is 0.336 e. The molecule has 18 heavy (non-hydrogen) atoms. The highest BCUT2D eigenvalue weighted by Gasteiger charge is 2.20. The molecular formula is C13H17NO3S. The molecule has 0 atom stereocenters. The zero-order valence-electron chi connectivity index (χ0n) is 10.7. The molecule has 0 aliphatic rings. The number of nitrogens with one attached hydrogen (secondary N) is 1. The van der Waals surface area contributed by atoms with Gasteiger partial charge in [-0.2, -0.15) is 11.8 Å². The number of hydrogen-bond donors (Lipinski definition) is 2. The predicted molar refractivity (Wildman–Crippen MR) is 73.6 cm³/mol. The Morgan fingerprint density at radius 1 is 1.22 bits per heavy atom. The number of rotatable bonds is 5. The van der Waals surface area contributed by atoms with E-state index in [2.05, 4.69) is 5.32 Å². The molecular weight excluding hydrogens is 250 g/mol. The molecule has 98 valence electrons. The molecule has 1 amide bonds. The lowest BCUT2D eigenvalue weighted by Crippen LogP contribution is -2.28. The van der Waals surface area contributed by atoms with E-state index < -0.39 is 5.97 Å². The highest BCUT2D eigenvalue weighted by Crippen LogP contribution is 2.18. The molecule has 0 heterocycles. The summed E-state index contributed by atoms with van der Waals surface area (Å²) in [5.41, 5.74) is 1.64. The molecule has 4 nitrogen and oxygen atoms in total. The number of carbonyl (C=O) groups excluding carboxylic acids is 1. The van der Waals surface area contributed by atoms with Crippen molar-refractivity contribution in [2.45, 2.75) is 13.8 Å². The monoisotopic (exact) mass is 267 g/mol. The van der Waals surface area contributed by atoms with Gasteiger partial charge >= 0.3 is 5.97 Å². The van der Waals surface area contributed by atoms with Crippen molar-refractivity contribution in [1.29, 1.82) is 0 Å². The lowest BCUT2D eigenvalue weighted by Gasteiger charge is -2.12. The van der Waals surface area contributed by atoms with Crippen LogP contribution in [0.5, 0.6) is 0 Å². The van der Waals surface area contributed by atoms with Gasteiger partial charge in [-0.15, -0.1) is 0 Å². The molecule has 0 bridgehead atoms.